The van der Waals surface area contributed by atoms with Crippen molar-refractivity contribution in [2.24, 2.45) is 7.05 Å². The molecule has 0 aromatic carbocycles. The summed E-state index contributed by atoms with van der Waals surface area (Å²) in [7, 11) is 1.82. The summed E-state index contributed by atoms with van der Waals surface area (Å²) < 4.78 is 1.68. The summed E-state index contributed by atoms with van der Waals surface area (Å²) >= 11 is 0. The average molecular weight is 177 g/mol. The maximum Gasteiger partial charge on any atom is 0.229 e. The number of hydrogen-bond donors (Lipinski definition) is 1. The third kappa shape index (κ3) is 1.24. The maximum absolute atomic E-state index is 11.2. The second-order valence-electron chi connectivity index (χ2n) is 3.17. The molecule has 1 N–H and O–H groups in total. The molecular formula is C9H11N3O. The molecule has 0 unspecified atom stereocenters. The molecule has 1 amide bonds. The van der Waals surface area contributed by atoms with Crippen LogP contribution in [0.15, 0.2) is 12.3 Å². The van der Waals surface area contributed by atoms with E-state index in [0.29, 0.717) is 6.42 Å². The minimum Gasteiger partial charge on any atom is -0.310 e. The van der Waals surface area contributed by atoms with E-state index in [1.54, 1.807) is 10.9 Å². The smallest absolute Gasteiger partial charge is 0.229 e. The first kappa shape index (κ1) is 8.04. The zero-order valence-electron chi connectivity index (χ0n) is 7.66. The van der Waals surface area contributed by atoms with Gasteiger partial charge in [0.1, 0.15) is 5.82 Å². The van der Waals surface area contributed by atoms with E-state index < -0.39 is 0 Å². The number of anilines is 1. The summed E-state index contributed by atoms with van der Waals surface area (Å²) in [6, 6.07) is 0. The van der Waals surface area contributed by atoms with Crippen LogP contribution in [0.25, 0.3) is 5.57 Å². The van der Waals surface area contributed by atoms with E-state index in [0.717, 1.165) is 17.0 Å². The lowest BCUT2D eigenvalue weighted by molar-refractivity contribution is -0.115. The zero-order valence-corrected chi connectivity index (χ0v) is 7.66. The summed E-state index contributed by atoms with van der Waals surface area (Å²) in [5.74, 6) is 0.804. The third-order valence-electron chi connectivity index (χ3n) is 2.22. The Balaban J connectivity index is 2.57. The highest BCUT2D eigenvalue weighted by atomic mass is 16.1. The van der Waals surface area contributed by atoms with Crippen LogP contribution in [0.2, 0.25) is 0 Å². The molecule has 1 aromatic rings. The van der Waals surface area contributed by atoms with Crippen molar-refractivity contribution in [2.75, 3.05) is 5.32 Å². The van der Waals surface area contributed by atoms with Crippen molar-refractivity contribution in [1.82, 2.24) is 9.78 Å². The first-order valence-corrected chi connectivity index (χ1v) is 4.17. The lowest BCUT2D eigenvalue weighted by atomic mass is 10.1. The minimum atomic E-state index is 0.0155. The second-order valence-corrected chi connectivity index (χ2v) is 3.17. The Labute approximate surface area is 76.2 Å². The molecular weight excluding hydrogens is 166 g/mol. The quantitative estimate of drug-likeness (QED) is 0.646. The van der Waals surface area contributed by atoms with Gasteiger partial charge in [-0.15, -0.1) is 0 Å². The van der Waals surface area contributed by atoms with Crippen LogP contribution in [-0.4, -0.2) is 15.7 Å². The van der Waals surface area contributed by atoms with Gasteiger partial charge in [0, 0.05) is 19.0 Å². The highest BCUT2D eigenvalue weighted by molar-refractivity contribution is 5.96. The Kier molecular flexibility index (Phi) is 1.69. The topological polar surface area (TPSA) is 46.9 Å². The van der Waals surface area contributed by atoms with Gasteiger partial charge in [0.05, 0.1) is 6.20 Å². The lowest BCUT2D eigenvalue weighted by Crippen LogP contribution is -2.12. The van der Waals surface area contributed by atoms with E-state index in [1.165, 1.54) is 0 Å². The Hall–Kier alpha value is -1.58. The number of amides is 1. The Morgan fingerprint density at radius 2 is 2.38 bits per heavy atom. The molecule has 0 atom stereocenters. The molecule has 4 heteroatoms. The predicted molar refractivity (Wildman–Crippen MR) is 50.1 cm³/mol. The molecule has 0 spiro atoms. The van der Waals surface area contributed by atoms with Crippen LogP contribution in [-0.2, 0) is 11.8 Å². The number of aromatic nitrogens is 2. The molecule has 0 aliphatic carbocycles. The Bertz CT molecular complexity index is 390. The van der Waals surface area contributed by atoms with Crippen molar-refractivity contribution in [1.29, 1.82) is 0 Å². The average Bonchev–Trinajstić information content (AvgIpc) is 2.37. The molecule has 0 saturated heterocycles. The van der Waals surface area contributed by atoms with E-state index in [9.17, 15) is 4.79 Å². The van der Waals surface area contributed by atoms with Gasteiger partial charge in [0.15, 0.2) is 0 Å². The second kappa shape index (κ2) is 2.73. The maximum atomic E-state index is 11.2. The van der Waals surface area contributed by atoms with Crippen molar-refractivity contribution >= 4 is 17.3 Å². The Morgan fingerprint density at radius 3 is 3.15 bits per heavy atom. The molecule has 13 heavy (non-hydrogen) atoms. The first-order chi connectivity index (χ1) is 6.18. The van der Waals surface area contributed by atoms with Crippen LogP contribution in [0.1, 0.15) is 18.9 Å². The van der Waals surface area contributed by atoms with Gasteiger partial charge in [-0.2, -0.15) is 5.10 Å². The number of aryl methyl sites for hydroxylation is 1. The van der Waals surface area contributed by atoms with E-state index in [4.69, 9.17) is 0 Å². The number of carbonyl (C=O) groups excluding carboxylic acids is 1. The lowest BCUT2D eigenvalue weighted by Gasteiger charge is -2.03. The van der Waals surface area contributed by atoms with Crippen molar-refractivity contribution in [3.63, 3.8) is 0 Å². The van der Waals surface area contributed by atoms with Gasteiger partial charge >= 0.3 is 0 Å². The summed E-state index contributed by atoms with van der Waals surface area (Å²) in [6.07, 6.45) is 4.14. The van der Waals surface area contributed by atoms with Gasteiger partial charge < -0.3 is 5.32 Å². The molecule has 1 aliphatic heterocycles. The van der Waals surface area contributed by atoms with Crippen LogP contribution in [0, 0.1) is 0 Å². The fourth-order valence-corrected chi connectivity index (χ4v) is 1.41. The van der Waals surface area contributed by atoms with E-state index >= 15 is 0 Å². The highest BCUT2D eigenvalue weighted by Gasteiger charge is 2.15. The van der Waals surface area contributed by atoms with Gasteiger partial charge in [-0.25, -0.2) is 0 Å². The monoisotopic (exact) mass is 177 g/mol. The fraction of sp³-hybridized carbons (Fsp3) is 0.333. The summed E-state index contributed by atoms with van der Waals surface area (Å²) in [6.45, 7) is 1.99. The molecule has 1 aliphatic rings. The van der Waals surface area contributed by atoms with Crippen LogP contribution in [0.5, 0.6) is 0 Å². The molecule has 0 bridgehead atoms. The van der Waals surface area contributed by atoms with E-state index in [1.807, 2.05) is 20.0 Å². The fourth-order valence-electron chi connectivity index (χ4n) is 1.41. The first-order valence-electron chi connectivity index (χ1n) is 4.17. The number of hydrogen-bond acceptors (Lipinski definition) is 2. The standard InChI is InChI=1S/C9H11N3O/c1-6-3-4-8(13)11-9-7(6)5-10-12(9)2/h3,5H,4H2,1-2H3,(H,11,13). The van der Waals surface area contributed by atoms with Gasteiger partial charge in [-0.1, -0.05) is 6.08 Å². The SMILES string of the molecule is CC1=CCC(=O)Nc2c1cnn2C. The molecule has 2 heterocycles. The summed E-state index contributed by atoms with van der Waals surface area (Å²) in [5, 5.41) is 6.90. The van der Waals surface area contributed by atoms with Crippen molar-refractivity contribution in [3.05, 3.63) is 17.8 Å². The summed E-state index contributed by atoms with van der Waals surface area (Å²) in [4.78, 5) is 11.2. The van der Waals surface area contributed by atoms with Crippen molar-refractivity contribution < 1.29 is 4.79 Å². The number of fused-ring (bicyclic) bond motifs is 1. The van der Waals surface area contributed by atoms with Gasteiger partial charge in [0.25, 0.3) is 0 Å². The molecule has 68 valence electrons. The van der Waals surface area contributed by atoms with Crippen LogP contribution in [0.3, 0.4) is 0 Å². The van der Waals surface area contributed by atoms with Crippen LogP contribution < -0.4 is 5.32 Å². The molecule has 2 rings (SSSR count). The van der Waals surface area contributed by atoms with Gasteiger partial charge in [-0.3, -0.25) is 9.48 Å². The summed E-state index contributed by atoms with van der Waals surface area (Å²) in [5.41, 5.74) is 2.11. The number of carbonyl (C=O) groups is 1. The van der Waals surface area contributed by atoms with E-state index in [2.05, 4.69) is 10.4 Å². The third-order valence-corrected chi connectivity index (χ3v) is 2.22. The molecule has 4 nitrogen and oxygen atoms in total. The molecule has 0 fully saturated rings. The number of allylic oxidation sites excluding steroid dienone is 1. The number of nitrogens with one attached hydrogen (secondary N) is 1. The van der Waals surface area contributed by atoms with Crippen LogP contribution in [0.4, 0.5) is 5.82 Å². The number of rotatable bonds is 0. The van der Waals surface area contributed by atoms with E-state index in [-0.39, 0.29) is 5.91 Å². The van der Waals surface area contributed by atoms with Crippen molar-refractivity contribution in [2.45, 2.75) is 13.3 Å². The number of nitrogens with zero attached hydrogens (tertiary/aromatic N) is 2. The van der Waals surface area contributed by atoms with Gasteiger partial charge in [-0.05, 0) is 12.5 Å². The molecule has 0 radical (unpaired) electrons. The van der Waals surface area contributed by atoms with Crippen molar-refractivity contribution in [3.8, 4) is 0 Å². The molecule has 1 aromatic heterocycles. The van der Waals surface area contributed by atoms with Gasteiger partial charge in [0.2, 0.25) is 5.91 Å². The van der Waals surface area contributed by atoms with Crippen LogP contribution >= 0.6 is 0 Å². The highest BCUT2D eigenvalue weighted by Crippen LogP contribution is 2.25. The minimum absolute atomic E-state index is 0.0155. The normalized spacial score (nSPS) is 15.8. The predicted octanol–water partition coefficient (Wildman–Crippen LogP) is 1.17. The molecule has 0 saturated carbocycles. The Morgan fingerprint density at radius 1 is 1.62 bits per heavy atom. The zero-order chi connectivity index (χ0) is 9.42. The largest absolute Gasteiger partial charge is 0.310 e.